The molecule has 3 N–H and O–H groups in total. The van der Waals surface area contributed by atoms with Crippen molar-refractivity contribution in [1.82, 2.24) is 0 Å². The smallest absolute Gasteiger partial charge is 0.234 e. The van der Waals surface area contributed by atoms with Crippen LogP contribution in [0.1, 0.15) is 5.56 Å². The predicted octanol–water partition coefficient (Wildman–Crippen LogP) is 4.10. The van der Waals surface area contributed by atoms with E-state index in [2.05, 4.69) is 5.32 Å². The minimum atomic E-state index is -0.440. The molecule has 0 atom stereocenters. The first-order valence-corrected chi connectivity index (χ1v) is 7.56. The van der Waals surface area contributed by atoms with Crippen LogP contribution in [0, 0.1) is 12.7 Å². The van der Waals surface area contributed by atoms with E-state index < -0.39 is 5.82 Å². The van der Waals surface area contributed by atoms with E-state index in [1.165, 1.54) is 23.9 Å². The zero-order valence-electron chi connectivity index (χ0n) is 11.3. The van der Waals surface area contributed by atoms with Crippen LogP contribution in [0.2, 0.25) is 5.02 Å². The number of nitrogens with two attached hydrogens (primary N) is 1. The Morgan fingerprint density at radius 1 is 1.33 bits per heavy atom. The molecule has 110 valence electrons. The van der Waals surface area contributed by atoms with E-state index in [9.17, 15) is 9.18 Å². The van der Waals surface area contributed by atoms with E-state index in [0.29, 0.717) is 5.69 Å². The van der Waals surface area contributed by atoms with Gasteiger partial charge >= 0.3 is 0 Å². The molecular weight excluding hydrogens is 311 g/mol. The topological polar surface area (TPSA) is 55.1 Å². The highest BCUT2D eigenvalue weighted by molar-refractivity contribution is 8.00. The lowest BCUT2D eigenvalue weighted by molar-refractivity contribution is -0.113. The third-order valence-corrected chi connectivity index (χ3v) is 4.12. The number of amides is 1. The number of nitrogen functional groups attached to an aromatic ring is 1. The standard InChI is InChI=1S/C15H14ClFN2OS/c1-9-6-11(3-4-13(9)18)21-8-15(20)19-14-5-2-10(17)7-12(14)16/h2-7H,8,18H2,1H3,(H,19,20). The molecule has 0 aliphatic carbocycles. The van der Waals surface area contributed by atoms with Crippen molar-refractivity contribution in [2.24, 2.45) is 0 Å². The summed E-state index contributed by atoms with van der Waals surface area (Å²) in [5.74, 6) is -0.412. The number of halogens is 2. The zero-order valence-corrected chi connectivity index (χ0v) is 12.9. The highest BCUT2D eigenvalue weighted by Gasteiger charge is 2.08. The number of nitrogens with one attached hydrogen (secondary N) is 1. The van der Waals surface area contributed by atoms with Crippen LogP contribution in [0.15, 0.2) is 41.3 Å². The number of aryl methyl sites for hydroxylation is 1. The molecule has 0 aromatic heterocycles. The van der Waals surface area contributed by atoms with Crippen LogP contribution >= 0.6 is 23.4 Å². The first-order valence-electron chi connectivity index (χ1n) is 6.19. The van der Waals surface area contributed by atoms with Crippen LogP contribution in [0.25, 0.3) is 0 Å². The van der Waals surface area contributed by atoms with Crippen molar-refractivity contribution in [1.29, 1.82) is 0 Å². The molecular formula is C15H14ClFN2OS. The Hall–Kier alpha value is -1.72. The third kappa shape index (κ3) is 4.37. The van der Waals surface area contributed by atoms with Crippen molar-refractivity contribution in [2.75, 3.05) is 16.8 Å². The van der Waals surface area contributed by atoms with Crippen molar-refractivity contribution in [3.05, 3.63) is 52.8 Å². The summed E-state index contributed by atoms with van der Waals surface area (Å²) in [6.07, 6.45) is 0. The molecule has 0 unspecified atom stereocenters. The molecule has 2 aromatic carbocycles. The lowest BCUT2D eigenvalue weighted by Gasteiger charge is -2.08. The number of hydrogen-bond donors (Lipinski definition) is 2. The third-order valence-electron chi connectivity index (χ3n) is 2.82. The maximum Gasteiger partial charge on any atom is 0.234 e. The first kappa shape index (κ1) is 15.7. The van der Waals surface area contributed by atoms with Crippen LogP contribution < -0.4 is 11.1 Å². The number of hydrogen-bond acceptors (Lipinski definition) is 3. The number of benzene rings is 2. The summed E-state index contributed by atoms with van der Waals surface area (Å²) in [6.45, 7) is 1.91. The van der Waals surface area contributed by atoms with Gasteiger partial charge in [-0.1, -0.05) is 11.6 Å². The molecule has 0 saturated carbocycles. The normalized spacial score (nSPS) is 10.4. The van der Waals surface area contributed by atoms with Gasteiger partial charge in [0.1, 0.15) is 5.82 Å². The lowest BCUT2D eigenvalue weighted by Crippen LogP contribution is -2.14. The van der Waals surface area contributed by atoms with Gasteiger partial charge in [-0.25, -0.2) is 4.39 Å². The molecule has 2 rings (SSSR count). The molecule has 6 heteroatoms. The molecule has 1 amide bonds. The van der Waals surface area contributed by atoms with Gasteiger partial charge in [-0.2, -0.15) is 0 Å². The maximum atomic E-state index is 12.9. The summed E-state index contributed by atoms with van der Waals surface area (Å²) in [7, 11) is 0. The quantitative estimate of drug-likeness (QED) is 0.657. The number of carbonyl (C=O) groups excluding carboxylic acids is 1. The number of carbonyl (C=O) groups is 1. The highest BCUT2D eigenvalue weighted by Crippen LogP contribution is 2.25. The average molecular weight is 325 g/mol. The van der Waals surface area contributed by atoms with E-state index in [4.69, 9.17) is 17.3 Å². The highest BCUT2D eigenvalue weighted by atomic mass is 35.5. The zero-order chi connectivity index (χ0) is 15.4. The number of thioether (sulfide) groups is 1. The van der Waals surface area contributed by atoms with Crippen molar-refractivity contribution in [2.45, 2.75) is 11.8 Å². The van der Waals surface area contributed by atoms with Crippen LogP contribution in [0.4, 0.5) is 15.8 Å². The summed E-state index contributed by atoms with van der Waals surface area (Å²) in [5.41, 5.74) is 7.84. The largest absolute Gasteiger partial charge is 0.399 e. The summed E-state index contributed by atoms with van der Waals surface area (Å²) < 4.78 is 12.9. The van der Waals surface area contributed by atoms with Gasteiger partial charge in [0.05, 0.1) is 16.5 Å². The molecule has 0 heterocycles. The number of rotatable bonds is 4. The molecule has 0 fully saturated rings. The van der Waals surface area contributed by atoms with Gasteiger partial charge in [-0.3, -0.25) is 4.79 Å². The molecule has 0 aliphatic heterocycles. The van der Waals surface area contributed by atoms with Crippen LogP contribution in [0.3, 0.4) is 0 Å². The van der Waals surface area contributed by atoms with Crippen molar-refractivity contribution >= 4 is 40.6 Å². The average Bonchev–Trinajstić information content (AvgIpc) is 2.43. The molecule has 0 spiro atoms. The monoisotopic (exact) mass is 324 g/mol. The fourth-order valence-electron chi connectivity index (χ4n) is 1.66. The second-order valence-corrected chi connectivity index (χ2v) is 5.94. The van der Waals surface area contributed by atoms with Crippen molar-refractivity contribution in [3.63, 3.8) is 0 Å². The van der Waals surface area contributed by atoms with E-state index in [1.807, 2.05) is 25.1 Å². The Balaban J connectivity index is 1.94. The maximum absolute atomic E-state index is 12.9. The Labute approximate surface area is 131 Å². The molecule has 3 nitrogen and oxygen atoms in total. The van der Waals surface area contributed by atoms with E-state index >= 15 is 0 Å². The Kier molecular flexibility index (Phi) is 5.09. The van der Waals surface area contributed by atoms with Gasteiger partial charge in [0.2, 0.25) is 5.91 Å². The van der Waals surface area contributed by atoms with Gasteiger partial charge in [0.25, 0.3) is 0 Å². The van der Waals surface area contributed by atoms with Crippen molar-refractivity contribution in [3.8, 4) is 0 Å². The fourth-order valence-corrected chi connectivity index (χ4v) is 2.67. The second-order valence-electron chi connectivity index (χ2n) is 4.48. The summed E-state index contributed by atoms with van der Waals surface area (Å²) in [6, 6.07) is 9.45. The van der Waals surface area contributed by atoms with Gasteiger partial charge in [-0.05, 0) is 48.9 Å². The molecule has 0 aliphatic rings. The summed E-state index contributed by atoms with van der Waals surface area (Å²) >= 11 is 7.25. The van der Waals surface area contributed by atoms with Crippen LogP contribution in [-0.4, -0.2) is 11.7 Å². The summed E-state index contributed by atoms with van der Waals surface area (Å²) in [5, 5.41) is 2.83. The molecule has 2 aromatic rings. The number of anilines is 2. The Morgan fingerprint density at radius 3 is 2.76 bits per heavy atom. The van der Waals surface area contributed by atoms with E-state index in [1.54, 1.807) is 0 Å². The summed E-state index contributed by atoms with van der Waals surface area (Å²) in [4.78, 5) is 12.8. The molecule has 0 saturated heterocycles. The minimum Gasteiger partial charge on any atom is -0.399 e. The minimum absolute atomic E-state index is 0.177. The van der Waals surface area contributed by atoms with E-state index in [-0.39, 0.29) is 16.7 Å². The predicted molar refractivity (Wildman–Crippen MR) is 86.4 cm³/mol. The second kappa shape index (κ2) is 6.83. The van der Waals surface area contributed by atoms with Crippen LogP contribution in [-0.2, 0) is 4.79 Å². The SMILES string of the molecule is Cc1cc(SCC(=O)Nc2ccc(F)cc2Cl)ccc1N. The van der Waals surface area contributed by atoms with E-state index in [0.717, 1.165) is 22.2 Å². The van der Waals surface area contributed by atoms with Gasteiger partial charge in [0, 0.05) is 10.6 Å². The molecule has 21 heavy (non-hydrogen) atoms. The Bertz CT molecular complexity index is 679. The fraction of sp³-hybridized carbons (Fsp3) is 0.133. The first-order chi connectivity index (χ1) is 9.95. The van der Waals surface area contributed by atoms with Crippen LogP contribution in [0.5, 0.6) is 0 Å². The lowest BCUT2D eigenvalue weighted by atomic mass is 10.2. The van der Waals surface area contributed by atoms with Crippen molar-refractivity contribution < 1.29 is 9.18 Å². The van der Waals surface area contributed by atoms with Gasteiger partial charge in [0.15, 0.2) is 0 Å². The molecule has 0 bridgehead atoms. The van der Waals surface area contributed by atoms with Gasteiger partial charge < -0.3 is 11.1 Å². The van der Waals surface area contributed by atoms with Gasteiger partial charge in [-0.15, -0.1) is 11.8 Å². The Morgan fingerprint density at radius 2 is 2.10 bits per heavy atom. The molecule has 0 radical (unpaired) electrons.